The number of nitrogens with two attached hydrogens (primary N) is 1. The SMILES string of the molecule is CC(C)OC(=O)OC(C)OC(=O)c1ccc(N)cc1O. The number of esters is 1. The molecule has 7 heteroatoms. The second-order valence-electron chi connectivity index (χ2n) is 4.28. The number of ether oxygens (including phenoxy) is 3. The summed E-state index contributed by atoms with van der Waals surface area (Å²) >= 11 is 0. The number of nitrogen functional groups attached to an aromatic ring is 1. The fraction of sp³-hybridized carbons (Fsp3) is 0.385. The van der Waals surface area contributed by atoms with Crippen LogP contribution >= 0.6 is 0 Å². The van der Waals surface area contributed by atoms with E-state index >= 15 is 0 Å². The van der Waals surface area contributed by atoms with Gasteiger partial charge in [-0.25, -0.2) is 9.59 Å². The van der Waals surface area contributed by atoms with Crippen LogP contribution in [0.25, 0.3) is 0 Å². The van der Waals surface area contributed by atoms with Crippen molar-refractivity contribution in [2.24, 2.45) is 0 Å². The largest absolute Gasteiger partial charge is 0.511 e. The maximum Gasteiger partial charge on any atom is 0.511 e. The van der Waals surface area contributed by atoms with Gasteiger partial charge in [-0.1, -0.05) is 0 Å². The summed E-state index contributed by atoms with van der Waals surface area (Å²) in [5.74, 6) is -1.15. The topological polar surface area (TPSA) is 108 Å². The summed E-state index contributed by atoms with van der Waals surface area (Å²) in [6, 6.07) is 3.97. The molecule has 110 valence electrons. The Bertz CT molecular complexity index is 500. The van der Waals surface area contributed by atoms with Gasteiger partial charge in [-0.05, 0) is 26.0 Å². The van der Waals surface area contributed by atoms with E-state index in [4.69, 9.17) is 19.9 Å². The smallest absolute Gasteiger partial charge is 0.507 e. The summed E-state index contributed by atoms with van der Waals surface area (Å²) in [6.45, 7) is 4.67. The third-order valence-electron chi connectivity index (χ3n) is 2.11. The first kappa shape index (κ1) is 15.6. The number of carbonyl (C=O) groups excluding carboxylic acids is 2. The first-order valence-corrected chi connectivity index (χ1v) is 5.96. The number of benzene rings is 1. The van der Waals surface area contributed by atoms with Gasteiger partial charge in [0.2, 0.25) is 6.29 Å². The minimum atomic E-state index is -1.15. The predicted octanol–water partition coefficient (Wildman–Crippen LogP) is 2.04. The molecule has 0 aliphatic carbocycles. The minimum absolute atomic E-state index is 0.0770. The van der Waals surface area contributed by atoms with E-state index < -0.39 is 18.4 Å². The van der Waals surface area contributed by atoms with Crippen molar-refractivity contribution in [2.75, 3.05) is 5.73 Å². The van der Waals surface area contributed by atoms with Gasteiger partial charge in [0.15, 0.2) is 0 Å². The molecular formula is C13H17NO6. The highest BCUT2D eigenvalue weighted by atomic mass is 16.8. The molecule has 3 N–H and O–H groups in total. The van der Waals surface area contributed by atoms with E-state index in [1.54, 1.807) is 13.8 Å². The van der Waals surface area contributed by atoms with Gasteiger partial charge >= 0.3 is 12.1 Å². The number of aromatic hydroxyl groups is 1. The second kappa shape index (κ2) is 6.65. The van der Waals surface area contributed by atoms with Crippen LogP contribution in [0.1, 0.15) is 31.1 Å². The zero-order chi connectivity index (χ0) is 15.3. The Hall–Kier alpha value is -2.44. The van der Waals surface area contributed by atoms with Crippen LogP contribution in [0.5, 0.6) is 5.75 Å². The lowest BCUT2D eigenvalue weighted by atomic mass is 10.2. The van der Waals surface area contributed by atoms with Gasteiger partial charge in [-0.2, -0.15) is 0 Å². The van der Waals surface area contributed by atoms with E-state index in [0.717, 1.165) is 0 Å². The van der Waals surface area contributed by atoms with Gasteiger partial charge in [-0.3, -0.25) is 0 Å². The highest BCUT2D eigenvalue weighted by molar-refractivity contribution is 5.93. The molecule has 1 atom stereocenters. The zero-order valence-electron chi connectivity index (χ0n) is 11.5. The zero-order valence-corrected chi connectivity index (χ0v) is 11.5. The number of phenolic OH excluding ortho intramolecular Hbond substituents is 1. The molecule has 0 aliphatic rings. The Morgan fingerprint density at radius 2 is 1.80 bits per heavy atom. The first-order valence-electron chi connectivity index (χ1n) is 5.96. The van der Waals surface area contributed by atoms with Crippen LogP contribution in [0.4, 0.5) is 10.5 Å². The maximum absolute atomic E-state index is 11.7. The maximum atomic E-state index is 11.7. The predicted molar refractivity (Wildman–Crippen MR) is 70.1 cm³/mol. The average Bonchev–Trinajstić information content (AvgIpc) is 2.26. The molecule has 1 aromatic rings. The van der Waals surface area contributed by atoms with Crippen molar-refractivity contribution in [1.29, 1.82) is 0 Å². The van der Waals surface area contributed by atoms with E-state index in [-0.39, 0.29) is 17.4 Å². The Morgan fingerprint density at radius 1 is 1.15 bits per heavy atom. The van der Waals surface area contributed by atoms with E-state index in [9.17, 15) is 14.7 Å². The lowest BCUT2D eigenvalue weighted by Gasteiger charge is -2.15. The van der Waals surface area contributed by atoms with Crippen LogP contribution in [0.3, 0.4) is 0 Å². The number of phenols is 1. The molecule has 1 unspecified atom stereocenters. The van der Waals surface area contributed by atoms with E-state index in [0.29, 0.717) is 5.69 Å². The van der Waals surface area contributed by atoms with Crippen molar-refractivity contribution in [3.63, 3.8) is 0 Å². The van der Waals surface area contributed by atoms with Gasteiger partial charge < -0.3 is 25.1 Å². The molecule has 0 radical (unpaired) electrons. The number of hydrogen-bond acceptors (Lipinski definition) is 7. The minimum Gasteiger partial charge on any atom is -0.507 e. The fourth-order valence-electron chi connectivity index (χ4n) is 1.32. The third-order valence-corrected chi connectivity index (χ3v) is 2.11. The summed E-state index contributed by atoms with van der Waals surface area (Å²) in [7, 11) is 0. The molecule has 7 nitrogen and oxygen atoms in total. The molecule has 0 fully saturated rings. The molecule has 0 spiro atoms. The van der Waals surface area contributed by atoms with Gasteiger partial charge in [0.1, 0.15) is 11.3 Å². The van der Waals surface area contributed by atoms with Crippen LogP contribution in [0, 0.1) is 0 Å². The molecule has 0 heterocycles. The van der Waals surface area contributed by atoms with E-state index in [1.807, 2.05) is 0 Å². The van der Waals surface area contributed by atoms with Crippen LogP contribution in [0.15, 0.2) is 18.2 Å². The molecule has 20 heavy (non-hydrogen) atoms. The number of rotatable bonds is 4. The van der Waals surface area contributed by atoms with Crippen molar-refractivity contribution < 1.29 is 28.9 Å². The van der Waals surface area contributed by atoms with Gasteiger partial charge in [0, 0.05) is 18.7 Å². The Kier molecular flexibility index (Phi) is 5.19. The molecule has 0 saturated heterocycles. The highest BCUT2D eigenvalue weighted by Crippen LogP contribution is 2.21. The lowest BCUT2D eigenvalue weighted by molar-refractivity contribution is -0.0867. The van der Waals surface area contributed by atoms with Gasteiger partial charge in [0.05, 0.1) is 6.10 Å². The van der Waals surface area contributed by atoms with Gasteiger partial charge in [-0.15, -0.1) is 0 Å². The second-order valence-corrected chi connectivity index (χ2v) is 4.28. The number of carbonyl (C=O) groups is 2. The lowest BCUT2D eigenvalue weighted by Crippen LogP contribution is -2.24. The summed E-state index contributed by atoms with van der Waals surface area (Å²) in [4.78, 5) is 22.9. The molecule has 0 aliphatic heterocycles. The van der Waals surface area contributed by atoms with Crippen molar-refractivity contribution in [3.8, 4) is 5.75 Å². The van der Waals surface area contributed by atoms with E-state index in [2.05, 4.69) is 0 Å². The van der Waals surface area contributed by atoms with Crippen molar-refractivity contribution in [3.05, 3.63) is 23.8 Å². The van der Waals surface area contributed by atoms with E-state index in [1.165, 1.54) is 25.1 Å². The molecular weight excluding hydrogens is 266 g/mol. The number of hydrogen-bond donors (Lipinski definition) is 2. The number of anilines is 1. The Morgan fingerprint density at radius 3 is 2.35 bits per heavy atom. The molecule has 0 saturated carbocycles. The van der Waals surface area contributed by atoms with Crippen LogP contribution < -0.4 is 5.73 Å². The van der Waals surface area contributed by atoms with Crippen LogP contribution in [0.2, 0.25) is 0 Å². The standard InChI is InChI=1S/C13H17NO6/c1-7(2)18-13(17)20-8(3)19-12(16)10-5-4-9(14)6-11(10)15/h4-8,15H,14H2,1-3H3. The van der Waals surface area contributed by atoms with Crippen molar-refractivity contribution in [2.45, 2.75) is 33.2 Å². The average molecular weight is 283 g/mol. The first-order chi connectivity index (χ1) is 9.29. The van der Waals surface area contributed by atoms with Crippen molar-refractivity contribution >= 4 is 17.8 Å². The normalized spacial score (nSPS) is 11.8. The van der Waals surface area contributed by atoms with Crippen LogP contribution in [-0.4, -0.2) is 29.6 Å². The molecule has 0 aromatic heterocycles. The van der Waals surface area contributed by atoms with Crippen molar-refractivity contribution in [1.82, 2.24) is 0 Å². The fourth-order valence-corrected chi connectivity index (χ4v) is 1.32. The highest BCUT2D eigenvalue weighted by Gasteiger charge is 2.19. The van der Waals surface area contributed by atoms with Crippen LogP contribution in [-0.2, 0) is 14.2 Å². The molecule has 0 amide bonds. The third kappa shape index (κ3) is 4.68. The summed E-state index contributed by atoms with van der Waals surface area (Å²) < 4.78 is 14.3. The Labute approximate surface area is 116 Å². The summed E-state index contributed by atoms with van der Waals surface area (Å²) in [6.07, 6.45) is -2.43. The quantitative estimate of drug-likeness (QED) is 0.494. The summed E-state index contributed by atoms with van der Waals surface area (Å²) in [5, 5.41) is 9.56. The summed E-state index contributed by atoms with van der Waals surface area (Å²) in [5.41, 5.74) is 5.68. The monoisotopic (exact) mass is 283 g/mol. The molecule has 1 aromatic carbocycles. The molecule has 0 bridgehead atoms. The van der Waals surface area contributed by atoms with Gasteiger partial charge in [0.25, 0.3) is 0 Å². The molecule has 1 rings (SSSR count). The Balaban J connectivity index is 2.59.